The number of hydrogen-bond donors (Lipinski definition) is 1. The Kier molecular flexibility index (Phi) is 6.26. The third-order valence-corrected chi connectivity index (χ3v) is 3.40. The molecule has 1 rings (SSSR count). The maximum absolute atomic E-state index is 14.6. The number of hydrogen-bond acceptors (Lipinski definition) is 3. The smallest absolute Gasteiger partial charge is 0.408 e. The lowest BCUT2D eigenvalue weighted by Gasteiger charge is -2.23. The highest BCUT2D eigenvalue weighted by Gasteiger charge is 2.44. The zero-order valence-corrected chi connectivity index (χ0v) is 15.2. The van der Waals surface area contributed by atoms with Gasteiger partial charge in [0, 0.05) is 11.5 Å². The molecule has 7 heteroatoms. The van der Waals surface area contributed by atoms with Gasteiger partial charge in [-0.25, -0.2) is 9.18 Å². The summed E-state index contributed by atoms with van der Waals surface area (Å²) < 4.78 is 48.2. The average molecular weight is 359 g/mol. The Labute approximate surface area is 145 Å². The molecule has 1 aromatic carbocycles. The molecule has 0 fully saturated rings. The van der Waals surface area contributed by atoms with E-state index in [1.807, 2.05) is 0 Å². The normalized spacial score (nSPS) is 13.5. The number of ether oxygens (including phenoxy) is 1. The molecule has 1 amide bonds. The molecule has 1 N–H and O–H groups in total. The number of carbonyl (C=O) groups is 2. The van der Waals surface area contributed by atoms with E-state index in [4.69, 9.17) is 4.74 Å². The second-order valence-electron chi connectivity index (χ2n) is 7.17. The summed E-state index contributed by atoms with van der Waals surface area (Å²) in [7, 11) is 0. The van der Waals surface area contributed by atoms with Crippen LogP contribution in [0.2, 0.25) is 0 Å². The summed E-state index contributed by atoms with van der Waals surface area (Å²) in [6, 6.07) is 2.46. The number of rotatable bonds is 5. The maximum Gasteiger partial charge on any atom is 0.408 e. The van der Waals surface area contributed by atoms with Gasteiger partial charge in [0.25, 0.3) is 0 Å². The van der Waals surface area contributed by atoms with Crippen molar-refractivity contribution in [3.8, 4) is 0 Å². The lowest BCUT2D eigenvalue weighted by Crippen LogP contribution is -2.35. The van der Waals surface area contributed by atoms with E-state index in [0.29, 0.717) is 0 Å². The van der Waals surface area contributed by atoms with Crippen LogP contribution in [0.15, 0.2) is 18.2 Å². The monoisotopic (exact) mass is 359 g/mol. The molecule has 0 heterocycles. The minimum absolute atomic E-state index is 0.153. The van der Waals surface area contributed by atoms with Crippen LogP contribution in [-0.2, 0) is 15.5 Å². The number of ketones is 1. The fraction of sp³-hybridized carbons (Fsp3) is 0.556. The van der Waals surface area contributed by atoms with Gasteiger partial charge in [0.1, 0.15) is 11.4 Å². The first-order valence-corrected chi connectivity index (χ1v) is 7.98. The fourth-order valence-corrected chi connectivity index (χ4v) is 2.18. The highest BCUT2D eigenvalue weighted by Crippen LogP contribution is 2.35. The van der Waals surface area contributed by atoms with E-state index in [1.54, 1.807) is 20.8 Å². The third-order valence-electron chi connectivity index (χ3n) is 3.40. The number of amides is 1. The van der Waals surface area contributed by atoms with Crippen LogP contribution < -0.4 is 5.32 Å². The van der Waals surface area contributed by atoms with Crippen molar-refractivity contribution in [3.05, 3.63) is 35.1 Å². The van der Waals surface area contributed by atoms with Crippen molar-refractivity contribution in [2.45, 2.75) is 59.1 Å². The molecule has 1 unspecified atom stereocenters. The molecule has 0 aliphatic rings. The van der Waals surface area contributed by atoms with Crippen LogP contribution >= 0.6 is 0 Å². The average Bonchev–Trinajstić information content (AvgIpc) is 2.43. The van der Waals surface area contributed by atoms with Crippen molar-refractivity contribution in [2.75, 3.05) is 0 Å². The minimum atomic E-state index is -3.94. The van der Waals surface area contributed by atoms with E-state index < -0.39 is 46.7 Å². The van der Waals surface area contributed by atoms with Crippen molar-refractivity contribution in [2.24, 2.45) is 5.92 Å². The predicted octanol–water partition coefficient (Wildman–Crippen LogP) is 4.73. The Balaban J connectivity index is 3.12. The number of nitrogens with one attached hydrogen (secondary N) is 1. The molecule has 0 saturated carbocycles. The van der Waals surface area contributed by atoms with Crippen molar-refractivity contribution in [1.82, 2.24) is 5.32 Å². The van der Waals surface area contributed by atoms with Crippen molar-refractivity contribution < 1.29 is 27.5 Å². The first kappa shape index (κ1) is 21.0. The molecule has 0 bridgehead atoms. The topological polar surface area (TPSA) is 55.4 Å². The molecule has 0 spiro atoms. The van der Waals surface area contributed by atoms with Crippen LogP contribution in [0.4, 0.5) is 18.0 Å². The van der Waals surface area contributed by atoms with Gasteiger partial charge in [0.05, 0.1) is 11.6 Å². The van der Waals surface area contributed by atoms with Crippen molar-refractivity contribution in [3.63, 3.8) is 0 Å². The van der Waals surface area contributed by atoms with Gasteiger partial charge in [0.15, 0.2) is 0 Å². The summed E-state index contributed by atoms with van der Waals surface area (Å²) in [5.41, 5.74) is -1.90. The molecular formula is C18H24F3NO3. The Morgan fingerprint density at radius 2 is 1.68 bits per heavy atom. The number of carbonyl (C=O) groups excluding carboxylic acids is 2. The van der Waals surface area contributed by atoms with Gasteiger partial charge >= 0.3 is 12.0 Å². The predicted molar refractivity (Wildman–Crippen MR) is 87.9 cm³/mol. The van der Waals surface area contributed by atoms with Gasteiger partial charge in [-0.3, -0.25) is 4.79 Å². The van der Waals surface area contributed by atoms with Crippen LogP contribution in [0.25, 0.3) is 0 Å². The lowest BCUT2D eigenvalue weighted by atomic mass is 9.93. The second kappa shape index (κ2) is 7.45. The number of alkyl halides is 2. The van der Waals surface area contributed by atoms with Crippen LogP contribution in [0.3, 0.4) is 0 Å². The lowest BCUT2D eigenvalue weighted by molar-refractivity contribution is -0.148. The maximum atomic E-state index is 14.6. The van der Waals surface area contributed by atoms with Gasteiger partial charge in [-0.15, -0.1) is 0 Å². The van der Waals surface area contributed by atoms with Crippen LogP contribution in [-0.4, -0.2) is 17.5 Å². The van der Waals surface area contributed by atoms with Crippen molar-refractivity contribution in [1.29, 1.82) is 0 Å². The quantitative estimate of drug-likeness (QED) is 0.827. The Morgan fingerprint density at radius 3 is 2.16 bits per heavy atom. The molecule has 0 aliphatic carbocycles. The number of alkyl carbamates (subject to hydrolysis) is 1. The molecule has 140 valence electrons. The molecule has 1 atom stereocenters. The van der Waals surface area contributed by atoms with Crippen LogP contribution in [0.1, 0.15) is 58.7 Å². The Hall–Kier alpha value is -2.05. The van der Waals surface area contributed by atoms with E-state index in [9.17, 15) is 22.8 Å². The number of Topliss-reactive ketones (excluding diaryl/α,β-unsaturated/α-hetero) is 1. The van der Waals surface area contributed by atoms with E-state index in [-0.39, 0.29) is 5.56 Å². The largest absolute Gasteiger partial charge is 0.444 e. The molecule has 4 nitrogen and oxygen atoms in total. The first-order chi connectivity index (χ1) is 11.3. The summed E-state index contributed by atoms with van der Waals surface area (Å²) in [4.78, 5) is 23.5. The minimum Gasteiger partial charge on any atom is -0.444 e. The summed E-state index contributed by atoms with van der Waals surface area (Å²) in [6.07, 6.45) is -0.796. The van der Waals surface area contributed by atoms with E-state index in [1.165, 1.54) is 32.9 Å². The molecule has 1 aromatic rings. The standard InChI is InChI=1S/C18H24F3NO3/c1-10(2)15(23)18(20,21)13-9-7-8-12(14(13)19)11(3)22-16(24)25-17(4,5)6/h7-11H,1-6H3,(H,22,24). The van der Waals surface area contributed by atoms with E-state index in [2.05, 4.69) is 5.32 Å². The van der Waals surface area contributed by atoms with Crippen LogP contribution in [0.5, 0.6) is 0 Å². The SMILES string of the molecule is CC(C)C(=O)C(F)(F)c1cccc(C(C)NC(=O)OC(C)(C)C)c1F. The second-order valence-corrected chi connectivity index (χ2v) is 7.17. The molecular weight excluding hydrogens is 335 g/mol. The van der Waals surface area contributed by atoms with Crippen LogP contribution in [0, 0.1) is 11.7 Å². The van der Waals surface area contributed by atoms with E-state index in [0.717, 1.165) is 6.07 Å². The third kappa shape index (κ3) is 5.21. The Bertz CT molecular complexity index is 651. The highest BCUT2D eigenvalue weighted by atomic mass is 19.3. The van der Waals surface area contributed by atoms with Gasteiger partial charge < -0.3 is 10.1 Å². The van der Waals surface area contributed by atoms with Crippen molar-refractivity contribution >= 4 is 11.9 Å². The zero-order valence-electron chi connectivity index (χ0n) is 15.2. The van der Waals surface area contributed by atoms with Gasteiger partial charge in [-0.05, 0) is 33.8 Å². The summed E-state index contributed by atoms with van der Waals surface area (Å²) in [5, 5.41) is 2.39. The molecule has 0 aromatic heterocycles. The molecule has 25 heavy (non-hydrogen) atoms. The summed E-state index contributed by atoms with van der Waals surface area (Å²) in [6.45, 7) is 9.08. The number of benzene rings is 1. The molecule has 0 radical (unpaired) electrons. The molecule has 0 aliphatic heterocycles. The summed E-state index contributed by atoms with van der Waals surface area (Å²) in [5.74, 6) is -7.48. The van der Waals surface area contributed by atoms with Gasteiger partial charge in [-0.1, -0.05) is 26.0 Å². The van der Waals surface area contributed by atoms with E-state index >= 15 is 0 Å². The summed E-state index contributed by atoms with van der Waals surface area (Å²) >= 11 is 0. The fourth-order valence-electron chi connectivity index (χ4n) is 2.18. The Morgan fingerprint density at radius 1 is 1.12 bits per heavy atom. The van der Waals surface area contributed by atoms with Gasteiger partial charge in [0.2, 0.25) is 5.78 Å². The van der Waals surface area contributed by atoms with Gasteiger partial charge in [-0.2, -0.15) is 8.78 Å². The first-order valence-electron chi connectivity index (χ1n) is 7.98. The number of halogens is 3. The highest BCUT2D eigenvalue weighted by molar-refractivity contribution is 5.88. The molecule has 0 saturated heterocycles. The zero-order chi connectivity index (χ0) is 19.6.